The number of hydrogen-bond donors (Lipinski definition) is 1. The lowest BCUT2D eigenvalue weighted by Crippen LogP contribution is -2.10. The number of nitrogens with two attached hydrogens (primary N) is 1. The zero-order valence-corrected chi connectivity index (χ0v) is 11.0. The fourth-order valence-electron chi connectivity index (χ4n) is 1.61. The summed E-state index contributed by atoms with van der Waals surface area (Å²) in [6, 6.07) is 5.98. The summed E-state index contributed by atoms with van der Waals surface area (Å²) in [5.74, 6) is 1.82. The highest BCUT2D eigenvalue weighted by atomic mass is 79.9. The van der Waals surface area contributed by atoms with E-state index < -0.39 is 0 Å². The van der Waals surface area contributed by atoms with Gasteiger partial charge in [0.15, 0.2) is 0 Å². The smallest absolute Gasteiger partial charge is 0.106 e. The Labute approximate surface area is 101 Å². The van der Waals surface area contributed by atoms with Crippen LogP contribution in [-0.4, -0.2) is 0 Å². The van der Waals surface area contributed by atoms with Crippen molar-refractivity contribution in [2.45, 2.75) is 19.9 Å². The topological polar surface area (TPSA) is 39.2 Å². The first-order valence-corrected chi connectivity index (χ1v) is 6.26. The van der Waals surface area contributed by atoms with Crippen LogP contribution >= 0.6 is 27.3 Å². The van der Waals surface area contributed by atoms with Gasteiger partial charge in [-0.05, 0) is 48.0 Å². The van der Waals surface area contributed by atoms with Gasteiger partial charge in [-0.2, -0.15) is 0 Å². The van der Waals surface area contributed by atoms with Gasteiger partial charge in [-0.25, -0.2) is 0 Å². The highest BCUT2D eigenvalue weighted by Crippen LogP contribution is 2.32. The number of aryl methyl sites for hydroxylation is 2. The molecular formula is C11H12BrNOS. The lowest BCUT2D eigenvalue weighted by atomic mass is 10.1. The van der Waals surface area contributed by atoms with Crippen LogP contribution in [0.3, 0.4) is 0 Å². The van der Waals surface area contributed by atoms with Crippen LogP contribution in [0.25, 0.3) is 0 Å². The molecule has 0 spiro atoms. The third-order valence-electron chi connectivity index (χ3n) is 2.31. The van der Waals surface area contributed by atoms with E-state index >= 15 is 0 Å². The average Bonchev–Trinajstić information content (AvgIpc) is 2.71. The van der Waals surface area contributed by atoms with Gasteiger partial charge < -0.3 is 10.2 Å². The molecule has 15 heavy (non-hydrogen) atoms. The first-order chi connectivity index (χ1) is 7.08. The molecule has 1 atom stereocenters. The van der Waals surface area contributed by atoms with Crippen LogP contribution in [0, 0.1) is 13.8 Å². The molecular weight excluding hydrogens is 274 g/mol. The number of halogens is 1. The zero-order chi connectivity index (χ0) is 11.0. The van der Waals surface area contributed by atoms with Crippen LogP contribution in [0.5, 0.6) is 0 Å². The van der Waals surface area contributed by atoms with E-state index in [4.69, 9.17) is 10.2 Å². The summed E-state index contributed by atoms with van der Waals surface area (Å²) in [4.78, 5) is 1.14. The van der Waals surface area contributed by atoms with Crippen LogP contribution in [0.4, 0.5) is 0 Å². The number of furan rings is 1. The molecule has 80 valence electrons. The number of thiophene rings is 1. The van der Waals surface area contributed by atoms with E-state index in [0.29, 0.717) is 0 Å². The third-order valence-corrected chi connectivity index (χ3v) is 4.02. The maximum absolute atomic E-state index is 6.17. The molecule has 2 N–H and O–H groups in total. The Bertz CT molecular complexity index is 475. The molecule has 0 fully saturated rings. The normalized spacial score (nSPS) is 13.1. The molecule has 0 saturated carbocycles. The lowest BCUT2D eigenvalue weighted by Gasteiger charge is -2.07. The highest BCUT2D eigenvalue weighted by molar-refractivity contribution is 9.11. The van der Waals surface area contributed by atoms with Gasteiger partial charge in [-0.3, -0.25) is 0 Å². The molecule has 2 aromatic heterocycles. The largest absolute Gasteiger partial charge is 0.466 e. The van der Waals surface area contributed by atoms with Crippen LogP contribution in [0.2, 0.25) is 0 Å². The van der Waals surface area contributed by atoms with Gasteiger partial charge >= 0.3 is 0 Å². The summed E-state index contributed by atoms with van der Waals surface area (Å²) in [7, 11) is 0. The number of hydrogen-bond acceptors (Lipinski definition) is 3. The van der Waals surface area contributed by atoms with E-state index in [1.165, 1.54) is 0 Å². The second-order valence-corrected chi connectivity index (χ2v) is 5.98. The van der Waals surface area contributed by atoms with E-state index in [-0.39, 0.29) is 6.04 Å². The van der Waals surface area contributed by atoms with E-state index in [9.17, 15) is 0 Å². The van der Waals surface area contributed by atoms with Gasteiger partial charge in [0.25, 0.3) is 0 Å². The molecule has 0 aliphatic heterocycles. The zero-order valence-electron chi connectivity index (χ0n) is 8.58. The predicted octanol–water partition coefficient (Wildman–Crippen LogP) is 3.77. The summed E-state index contributed by atoms with van der Waals surface area (Å²) in [5, 5.41) is 0. The van der Waals surface area contributed by atoms with Crippen molar-refractivity contribution in [3.63, 3.8) is 0 Å². The lowest BCUT2D eigenvalue weighted by molar-refractivity contribution is 0.500. The van der Waals surface area contributed by atoms with E-state index in [1.807, 2.05) is 32.0 Å². The minimum absolute atomic E-state index is 0.0845. The Balaban J connectivity index is 2.35. The Kier molecular flexibility index (Phi) is 3.00. The van der Waals surface area contributed by atoms with Crippen LogP contribution in [-0.2, 0) is 0 Å². The Morgan fingerprint density at radius 1 is 1.40 bits per heavy atom. The average molecular weight is 286 g/mol. The third kappa shape index (κ3) is 2.17. The standard InChI is InChI=1S/C11H12BrNOS/c1-6-5-8(7(2)14-6)11(13)9-3-4-10(12)15-9/h3-5,11H,13H2,1-2H3. The molecule has 2 heterocycles. The Morgan fingerprint density at radius 2 is 2.13 bits per heavy atom. The van der Waals surface area contributed by atoms with Crippen molar-refractivity contribution < 1.29 is 4.42 Å². The van der Waals surface area contributed by atoms with Gasteiger partial charge in [-0.15, -0.1) is 11.3 Å². The fraction of sp³-hybridized carbons (Fsp3) is 0.273. The molecule has 0 aliphatic carbocycles. The maximum atomic E-state index is 6.17. The monoisotopic (exact) mass is 285 g/mol. The van der Waals surface area contributed by atoms with Gasteiger partial charge in [0.2, 0.25) is 0 Å². The van der Waals surface area contributed by atoms with Crippen LogP contribution in [0.15, 0.2) is 26.4 Å². The summed E-state index contributed by atoms with van der Waals surface area (Å²) >= 11 is 5.09. The summed E-state index contributed by atoms with van der Waals surface area (Å²) in [6.07, 6.45) is 0. The molecule has 4 heteroatoms. The molecule has 2 rings (SSSR count). The van der Waals surface area contributed by atoms with Crippen molar-refractivity contribution in [1.29, 1.82) is 0 Å². The molecule has 2 aromatic rings. The fourth-order valence-corrected chi connectivity index (χ4v) is 3.05. The van der Waals surface area contributed by atoms with Crippen molar-refractivity contribution in [1.82, 2.24) is 0 Å². The highest BCUT2D eigenvalue weighted by Gasteiger charge is 2.16. The molecule has 0 radical (unpaired) electrons. The molecule has 0 amide bonds. The van der Waals surface area contributed by atoms with Crippen molar-refractivity contribution in [2.75, 3.05) is 0 Å². The molecule has 0 bridgehead atoms. The van der Waals surface area contributed by atoms with Gasteiger partial charge in [0.05, 0.1) is 9.83 Å². The molecule has 0 aromatic carbocycles. The summed E-state index contributed by atoms with van der Waals surface area (Å²) in [6.45, 7) is 3.89. The SMILES string of the molecule is Cc1cc(C(N)c2ccc(Br)s2)c(C)o1. The maximum Gasteiger partial charge on any atom is 0.106 e. The summed E-state index contributed by atoms with van der Waals surface area (Å²) in [5.41, 5.74) is 7.24. The second kappa shape index (κ2) is 4.12. The van der Waals surface area contributed by atoms with E-state index in [0.717, 1.165) is 25.7 Å². The minimum atomic E-state index is -0.0845. The molecule has 0 saturated heterocycles. The van der Waals surface area contributed by atoms with Crippen molar-refractivity contribution >= 4 is 27.3 Å². The van der Waals surface area contributed by atoms with E-state index in [2.05, 4.69) is 15.9 Å². The number of rotatable bonds is 2. The van der Waals surface area contributed by atoms with Crippen molar-refractivity contribution in [3.8, 4) is 0 Å². The molecule has 2 nitrogen and oxygen atoms in total. The van der Waals surface area contributed by atoms with Crippen LogP contribution < -0.4 is 5.73 Å². The van der Waals surface area contributed by atoms with Gasteiger partial charge in [0, 0.05) is 10.4 Å². The second-order valence-electron chi connectivity index (χ2n) is 3.49. The first kappa shape index (κ1) is 10.9. The Morgan fingerprint density at radius 3 is 2.60 bits per heavy atom. The minimum Gasteiger partial charge on any atom is -0.466 e. The van der Waals surface area contributed by atoms with Crippen molar-refractivity contribution in [2.24, 2.45) is 5.73 Å². The van der Waals surface area contributed by atoms with Gasteiger partial charge in [-0.1, -0.05) is 0 Å². The molecule has 0 aliphatic rings. The Hall–Kier alpha value is -0.580. The van der Waals surface area contributed by atoms with Gasteiger partial charge in [0.1, 0.15) is 11.5 Å². The summed E-state index contributed by atoms with van der Waals surface area (Å²) < 4.78 is 6.58. The molecule has 1 unspecified atom stereocenters. The predicted molar refractivity (Wildman–Crippen MR) is 66.2 cm³/mol. The first-order valence-electron chi connectivity index (χ1n) is 4.65. The van der Waals surface area contributed by atoms with Crippen LogP contribution in [0.1, 0.15) is 28.0 Å². The van der Waals surface area contributed by atoms with E-state index in [1.54, 1.807) is 11.3 Å². The quantitative estimate of drug-likeness (QED) is 0.912. The van der Waals surface area contributed by atoms with Crippen molar-refractivity contribution in [3.05, 3.63) is 43.9 Å².